The quantitative estimate of drug-likeness (QED) is 0.543. The molecule has 0 nitrogen and oxygen atoms in total. The fourth-order valence-electron chi connectivity index (χ4n) is 0.744. The first kappa shape index (κ1) is 10.4. The second-order valence-corrected chi connectivity index (χ2v) is 6.04. The lowest BCUT2D eigenvalue weighted by molar-refractivity contribution is 0.191. The molecular weight excluding hydrogens is 139 g/mol. The molecular formula is C9H21P. The van der Waals surface area contributed by atoms with Crippen LogP contribution in [-0.2, 0) is 0 Å². The third-order valence-electron chi connectivity index (χ3n) is 3.10. The maximum atomic E-state index is 2.93. The van der Waals surface area contributed by atoms with Crippen molar-refractivity contribution in [2.75, 3.05) is 0 Å². The SMILES string of the molecule is CC(C)C(C)(C)C(C)(C)P. The van der Waals surface area contributed by atoms with Gasteiger partial charge in [-0.25, -0.2) is 0 Å². The maximum absolute atomic E-state index is 2.93. The fraction of sp³-hybridized carbons (Fsp3) is 1.00. The van der Waals surface area contributed by atoms with E-state index in [2.05, 4.69) is 50.8 Å². The van der Waals surface area contributed by atoms with Gasteiger partial charge < -0.3 is 0 Å². The van der Waals surface area contributed by atoms with Crippen LogP contribution in [0.25, 0.3) is 0 Å². The van der Waals surface area contributed by atoms with E-state index >= 15 is 0 Å². The summed E-state index contributed by atoms with van der Waals surface area (Å²) in [5.41, 5.74) is 0.400. The van der Waals surface area contributed by atoms with E-state index in [0.717, 1.165) is 5.92 Å². The summed E-state index contributed by atoms with van der Waals surface area (Å²) in [5, 5.41) is 0.334. The van der Waals surface area contributed by atoms with E-state index in [1.165, 1.54) is 0 Å². The van der Waals surface area contributed by atoms with Crippen LogP contribution in [0.1, 0.15) is 41.5 Å². The Hall–Kier alpha value is 0.430. The van der Waals surface area contributed by atoms with Crippen LogP contribution < -0.4 is 0 Å². The molecule has 0 aliphatic carbocycles. The molecule has 0 heterocycles. The van der Waals surface area contributed by atoms with Gasteiger partial charge in [0.25, 0.3) is 0 Å². The van der Waals surface area contributed by atoms with Crippen molar-refractivity contribution in [1.82, 2.24) is 0 Å². The molecule has 0 amide bonds. The summed E-state index contributed by atoms with van der Waals surface area (Å²) in [6.07, 6.45) is 0. The van der Waals surface area contributed by atoms with Gasteiger partial charge in [0, 0.05) is 0 Å². The monoisotopic (exact) mass is 160 g/mol. The molecule has 0 aromatic rings. The largest absolute Gasteiger partial charge is 0.131 e. The molecule has 0 bridgehead atoms. The molecule has 0 radical (unpaired) electrons. The zero-order valence-corrected chi connectivity index (χ0v) is 9.31. The van der Waals surface area contributed by atoms with Crippen molar-refractivity contribution in [3.05, 3.63) is 0 Å². The average Bonchev–Trinajstić information content (AvgIpc) is 1.62. The summed E-state index contributed by atoms with van der Waals surface area (Å²) >= 11 is 0. The molecule has 0 aromatic carbocycles. The van der Waals surface area contributed by atoms with Crippen molar-refractivity contribution in [3.63, 3.8) is 0 Å². The number of hydrogen-bond donors (Lipinski definition) is 0. The first-order valence-electron chi connectivity index (χ1n) is 3.98. The zero-order chi connectivity index (χ0) is 8.58. The smallest absolute Gasteiger partial charge is 0.0153 e. The molecule has 0 aliphatic rings. The van der Waals surface area contributed by atoms with Crippen molar-refractivity contribution >= 4 is 9.24 Å². The molecule has 0 aromatic heterocycles. The van der Waals surface area contributed by atoms with Crippen molar-refractivity contribution < 1.29 is 0 Å². The highest BCUT2D eigenvalue weighted by Gasteiger charge is 2.35. The normalized spacial score (nSPS) is 14.4. The molecule has 0 fully saturated rings. The summed E-state index contributed by atoms with van der Waals surface area (Å²) in [7, 11) is 2.93. The first-order valence-corrected chi connectivity index (χ1v) is 4.56. The Morgan fingerprint density at radius 2 is 1.30 bits per heavy atom. The summed E-state index contributed by atoms with van der Waals surface area (Å²) in [5.74, 6) is 0.736. The van der Waals surface area contributed by atoms with Crippen LogP contribution in [0.5, 0.6) is 0 Å². The van der Waals surface area contributed by atoms with Crippen molar-refractivity contribution in [1.29, 1.82) is 0 Å². The molecule has 1 atom stereocenters. The fourth-order valence-corrected chi connectivity index (χ4v) is 1.08. The molecule has 1 heteroatoms. The summed E-state index contributed by atoms with van der Waals surface area (Å²) < 4.78 is 0. The van der Waals surface area contributed by atoms with Crippen LogP contribution in [0.2, 0.25) is 0 Å². The lowest BCUT2D eigenvalue weighted by Crippen LogP contribution is -2.37. The number of rotatable bonds is 2. The number of hydrogen-bond acceptors (Lipinski definition) is 0. The second-order valence-electron chi connectivity index (χ2n) is 4.60. The van der Waals surface area contributed by atoms with Gasteiger partial charge in [-0.2, -0.15) is 0 Å². The molecule has 0 spiro atoms. The predicted octanol–water partition coefficient (Wildman–Crippen LogP) is 3.32. The summed E-state index contributed by atoms with van der Waals surface area (Å²) in [6, 6.07) is 0. The maximum Gasteiger partial charge on any atom is -0.0153 e. The van der Waals surface area contributed by atoms with Gasteiger partial charge in [-0.3, -0.25) is 0 Å². The Labute approximate surface area is 68.0 Å². The van der Waals surface area contributed by atoms with E-state index in [0.29, 0.717) is 10.6 Å². The van der Waals surface area contributed by atoms with Gasteiger partial charge in [-0.05, 0) is 16.5 Å². The van der Waals surface area contributed by atoms with Gasteiger partial charge in [0.2, 0.25) is 0 Å². The highest BCUT2D eigenvalue weighted by atomic mass is 31.0. The molecule has 0 aliphatic heterocycles. The molecule has 0 rings (SSSR count). The average molecular weight is 160 g/mol. The minimum Gasteiger partial charge on any atom is -0.131 e. The Bertz CT molecular complexity index is 106. The van der Waals surface area contributed by atoms with Crippen LogP contribution in [0.15, 0.2) is 0 Å². The second kappa shape index (κ2) is 2.81. The topological polar surface area (TPSA) is 0 Å². The standard InChI is InChI=1S/C9H21P/c1-7(2)8(3,4)9(5,6)10/h7H,10H2,1-6H3. The van der Waals surface area contributed by atoms with E-state index in [1.807, 2.05) is 0 Å². The van der Waals surface area contributed by atoms with Gasteiger partial charge >= 0.3 is 0 Å². The highest BCUT2D eigenvalue weighted by Crippen LogP contribution is 2.43. The Morgan fingerprint density at radius 1 is 1.00 bits per heavy atom. The lowest BCUT2D eigenvalue weighted by Gasteiger charge is -2.42. The van der Waals surface area contributed by atoms with Gasteiger partial charge in [0.1, 0.15) is 0 Å². The predicted molar refractivity (Wildman–Crippen MR) is 52.4 cm³/mol. The van der Waals surface area contributed by atoms with Crippen LogP contribution in [-0.4, -0.2) is 5.16 Å². The Morgan fingerprint density at radius 3 is 1.30 bits per heavy atom. The Kier molecular flexibility index (Phi) is 2.94. The summed E-state index contributed by atoms with van der Waals surface area (Å²) in [4.78, 5) is 0. The molecule has 0 saturated carbocycles. The van der Waals surface area contributed by atoms with Gasteiger partial charge in [0.15, 0.2) is 0 Å². The van der Waals surface area contributed by atoms with Crippen molar-refractivity contribution in [3.8, 4) is 0 Å². The lowest BCUT2D eigenvalue weighted by atomic mass is 9.72. The first-order chi connectivity index (χ1) is 4.19. The Balaban J connectivity index is 4.40. The molecule has 0 N–H and O–H groups in total. The van der Waals surface area contributed by atoms with Crippen molar-refractivity contribution in [2.45, 2.75) is 46.7 Å². The molecule has 10 heavy (non-hydrogen) atoms. The third-order valence-corrected chi connectivity index (χ3v) is 3.85. The van der Waals surface area contributed by atoms with Crippen LogP contribution in [0, 0.1) is 11.3 Å². The highest BCUT2D eigenvalue weighted by molar-refractivity contribution is 7.18. The zero-order valence-electron chi connectivity index (χ0n) is 8.15. The third kappa shape index (κ3) is 1.95. The summed E-state index contributed by atoms with van der Waals surface area (Å²) in [6.45, 7) is 13.8. The van der Waals surface area contributed by atoms with E-state index < -0.39 is 0 Å². The van der Waals surface area contributed by atoms with E-state index in [1.54, 1.807) is 0 Å². The van der Waals surface area contributed by atoms with Crippen LogP contribution in [0.4, 0.5) is 0 Å². The van der Waals surface area contributed by atoms with E-state index in [4.69, 9.17) is 0 Å². The van der Waals surface area contributed by atoms with E-state index in [9.17, 15) is 0 Å². The minimum absolute atomic E-state index is 0.334. The molecule has 62 valence electrons. The van der Waals surface area contributed by atoms with Crippen LogP contribution >= 0.6 is 9.24 Å². The van der Waals surface area contributed by atoms with Crippen LogP contribution in [0.3, 0.4) is 0 Å². The molecule has 0 saturated heterocycles. The van der Waals surface area contributed by atoms with Gasteiger partial charge in [-0.15, -0.1) is 9.24 Å². The van der Waals surface area contributed by atoms with Gasteiger partial charge in [-0.1, -0.05) is 41.5 Å². The van der Waals surface area contributed by atoms with Crippen molar-refractivity contribution in [2.24, 2.45) is 11.3 Å². The molecule has 1 unspecified atom stereocenters. The van der Waals surface area contributed by atoms with Gasteiger partial charge in [0.05, 0.1) is 0 Å². The minimum atomic E-state index is 0.334. The van der Waals surface area contributed by atoms with E-state index in [-0.39, 0.29) is 0 Å².